The van der Waals surface area contributed by atoms with Crippen LogP contribution in [0.4, 0.5) is 10.7 Å². The second-order valence-electron chi connectivity index (χ2n) is 11.1. The third kappa shape index (κ3) is 7.23. The Hall–Kier alpha value is -3.92. The zero-order valence-corrected chi connectivity index (χ0v) is 26.2. The van der Waals surface area contributed by atoms with Gasteiger partial charge in [-0.2, -0.15) is 0 Å². The first kappa shape index (κ1) is 30.1. The summed E-state index contributed by atoms with van der Waals surface area (Å²) in [7, 11) is 0. The van der Waals surface area contributed by atoms with Crippen molar-refractivity contribution in [3.05, 3.63) is 112 Å². The fraction of sp³-hybridized carbons (Fsp3) is 0.286. The molecule has 44 heavy (non-hydrogen) atoms. The number of nitrogens with one attached hydrogen (secondary N) is 2. The number of carbonyl (C=O) groups is 3. The smallest absolute Gasteiger partial charge is 0.341 e. The van der Waals surface area contributed by atoms with Gasteiger partial charge in [-0.25, -0.2) is 4.79 Å². The van der Waals surface area contributed by atoms with Crippen LogP contribution >= 0.6 is 23.1 Å². The van der Waals surface area contributed by atoms with Crippen LogP contribution in [0.3, 0.4) is 0 Å². The summed E-state index contributed by atoms with van der Waals surface area (Å²) >= 11 is 2.88. The summed E-state index contributed by atoms with van der Waals surface area (Å²) in [4.78, 5) is 44.0. The van der Waals surface area contributed by atoms with Crippen molar-refractivity contribution in [1.29, 1.82) is 0 Å². The molecule has 3 aromatic carbocycles. The minimum absolute atomic E-state index is 0.0417. The van der Waals surface area contributed by atoms with E-state index in [0.717, 1.165) is 52.5 Å². The van der Waals surface area contributed by atoms with E-state index in [1.54, 1.807) is 6.92 Å². The summed E-state index contributed by atoms with van der Waals surface area (Å²) in [6.07, 6.45) is 2.57. The van der Waals surface area contributed by atoms with E-state index in [4.69, 9.17) is 4.74 Å². The van der Waals surface area contributed by atoms with Gasteiger partial charge >= 0.3 is 5.97 Å². The average molecular weight is 626 g/mol. The van der Waals surface area contributed by atoms with E-state index >= 15 is 0 Å². The van der Waals surface area contributed by atoms with Gasteiger partial charge in [0.2, 0.25) is 11.8 Å². The van der Waals surface area contributed by atoms with Gasteiger partial charge < -0.3 is 15.4 Å². The Morgan fingerprint density at radius 3 is 2.45 bits per heavy atom. The molecule has 0 spiro atoms. The number of thiophene rings is 1. The van der Waals surface area contributed by atoms with Crippen LogP contribution in [0.1, 0.15) is 56.9 Å². The standard InChI is InChI=1S/C35H35N3O4S2/c1-2-42-35(41)30-28-18-19-38(21-23-10-5-3-6-11-23)22-29(28)44-34(30)37-33(40)31(24-12-7-4-8-13-24)43-27-15-9-14-26(20-27)36-32(39)25-16-17-25/h3-15,20,25,31H,2,16-19,21-22H2,1H3,(H,36,39)(H,37,40). The maximum Gasteiger partial charge on any atom is 0.341 e. The molecule has 7 nitrogen and oxygen atoms in total. The highest BCUT2D eigenvalue weighted by Crippen LogP contribution is 2.41. The molecule has 226 valence electrons. The van der Waals surface area contributed by atoms with Gasteiger partial charge in [0.05, 0.1) is 12.2 Å². The molecule has 9 heteroatoms. The molecular formula is C35H35N3O4S2. The van der Waals surface area contributed by atoms with Crippen LogP contribution < -0.4 is 10.6 Å². The van der Waals surface area contributed by atoms with Crippen LogP contribution in [0.25, 0.3) is 0 Å². The molecule has 0 bridgehead atoms. The van der Waals surface area contributed by atoms with E-state index in [-0.39, 0.29) is 24.3 Å². The second-order valence-corrected chi connectivity index (χ2v) is 13.3. The van der Waals surface area contributed by atoms with E-state index in [0.29, 0.717) is 23.5 Å². The number of esters is 1. The molecular weight excluding hydrogens is 591 g/mol. The van der Waals surface area contributed by atoms with Crippen LogP contribution in [0.15, 0.2) is 89.8 Å². The van der Waals surface area contributed by atoms with Crippen molar-refractivity contribution < 1.29 is 19.1 Å². The van der Waals surface area contributed by atoms with Crippen molar-refractivity contribution in [2.75, 3.05) is 23.8 Å². The molecule has 1 aromatic heterocycles. The maximum atomic E-state index is 14.1. The molecule has 1 aliphatic carbocycles. The first-order valence-corrected chi connectivity index (χ1v) is 16.7. The van der Waals surface area contributed by atoms with Crippen LogP contribution in [0.5, 0.6) is 0 Å². The number of carbonyl (C=O) groups excluding carboxylic acids is 3. The number of benzene rings is 3. The molecule has 0 radical (unpaired) electrons. The van der Waals surface area contributed by atoms with Gasteiger partial charge in [0, 0.05) is 41.0 Å². The molecule has 2 amide bonds. The zero-order chi connectivity index (χ0) is 30.5. The van der Waals surface area contributed by atoms with Gasteiger partial charge in [-0.05, 0) is 61.1 Å². The van der Waals surface area contributed by atoms with Gasteiger partial charge in [0.25, 0.3) is 0 Å². The predicted octanol–water partition coefficient (Wildman–Crippen LogP) is 7.30. The lowest BCUT2D eigenvalue weighted by Gasteiger charge is -2.27. The van der Waals surface area contributed by atoms with E-state index in [9.17, 15) is 14.4 Å². The summed E-state index contributed by atoms with van der Waals surface area (Å²) in [6, 6.07) is 27.6. The number of ether oxygens (including phenoxy) is 1. The quantitative estimate of drug-likeness (QED) is 0.134. The number of hydrogen-bond acceptors (Lipinski definition) is 7. The lowest BCUT2D eigenvalue weighted by Crippen LogP contribution is -2.30. The first-order valence-electron chi connectivity index (χ1n) is 15.0. The van der Waals surface area contributed by atoms with Crippen molar-refractivity contribution in [3.8, 4) is 0 Å². The molecule has 1 aliphatic heterocycles. The zero-order valence-electron chi connectivity index (χ0n) is 24.6. The van der Waals surface area contributed by atoms with Gasteiger partial charge in [0.15, 0.2) is 0 Å². The van der Waals surface area contributed by atoms with E-state index in [1.807, 2.05) is 72.8 Å². The molecule has 6 rings (SSSR count). The molecule has 1 unspecified atom stereocenters. The number of anilines is 2. The number of hydrogen-bond donors (Lipinski definition) is 2. The minimum atomic E-state index is -0.589. The number of rotatable bonds is 11. The summed E-state index contributed by atoms with van der Waals surface area (Å²) in [6.45, 7) is 4.39. The van der Waals surface area contributed by atoms with Gasteiger partial charge in [-0.3, -0.25) is 14.5 Å². The molecule has 2 N–H and O–H groups in total. The minimum Gasteiger partial charge on any atom is -0.462 e. The van der Waals surface area contributed by atoms with Crippen molar-refractivity contribution >= 4 is 51.6 Å². The third-order valence-electron chi connectivity index (χ3n) is 7.75. The van der Waals surface area contributed by atoms with Gasteiger partial charge in [0.1, 0.15) is 10.3 Å². The van der Waals surface area contributed by atoms with Crippen molar-refractivity contribution in [1.82, 2.24) is 4.90 Å². The van der Waals surface area contributed by atoms with Crippen LogP contribution in [-0.4, -0.2) is 35.8 Å². The Morgan fingerprint density at radius 2 is 1.73 bits per heavy atom. The second kappa shape index (κ2) is 13.8. The monoisotopic (exact) mass is 625 g/mol. The summed E-state index contributed by atoms with van der Waals surface area (Å²) in [5.74, 6) is -0.483. The van der Waals surface area contributed by atoms with Crippen molar-refractivity contribution in [2.24, 2.45) is 5.92 Å². The number of amides is 2. The van der Waals surface area contributed by atoms with E-state index < -0.39 is 11.2 Å². The van der Waals surface area contributed by atoms with Crippen LogP contribution in [0.2, 0.25) is 0 Å². The highest BCUT2D eigenvalue weighted by Gasteiger charge is 2.32. The van der Waals surface area contributed by atoms with Gasteiger partial charge in [-0.1, -0.05) is 66.7 Å². The predicted molar refractivity (Wildman–Crippen MR) is 176 cm³/mol. The molecule has 2 aliphatic rings. The summed E-state index contributed by atoms with van der Waals surface area (Å²) in [5, 5.41) is 6.07. The lowest BCUT2D eigenvalue weighted by molar-refractivity contribution is -0.117. The largest absolute Gasteiger partial charge is 0.462 e. The van der Waals surface area contributed by atoms with Crippen LogP contribution in [-0.2, 0) is 33.8 Å². The Kier molecular flexibility index (Phi) is 9.45. The van der Waals surface area contributed by atoms with Crippen molar-refractivity contribution in [2.45, 2.75) is 49.4 Å². The summed E-state index contributed by atoms with van der Waals surface area (Å²) in [5.41, 5.74) is 4.24. The highest BCUT2D eigenvalue weighted by atomic mass is 32.2. The number of fused-ring (bicyclic) bond motifs is 1. The first-order chi connectivity index (χ1) is 21.5. The SMILES string of the molecule is CCOC(=O)c1c(NC(=O)C(Sc2cccc(NC(=O)C3CC3)c2)c2ccccc2)sc2c1CCN(Cc1ccccc1)C2. The molecule has 4 aromatic rings. The third-order valence-corrected chi connectivity index (χ3v) is 10.1. The average Bonchev–Trinajstić information content (AvgIpc) is 3.83. The highest BCUT2D eigenvalue weighted by molar-refractivity contribution is 8.00. The molecule has 0 saturated heterocycles. The fourth-order valence-electron chi connectivity index (χ4n) is 5.39. The van der Waals surface area contributed by atoms with Crippen molar-refractivity contribution in [3.63, 3.8) is 0 Å². The van der Waals surface area contributed by atoms with Gasteiger partial charge in [-0.15, -0.1) is 23.1 Å². The van der Waals surface area contributed by atoms with E-state index in [1.165, 1.54) is 28.7 Å². The topological polar surface area (TPSA) is 87.7 Å². The Morgan fingerprint density at radius 1 is 0.977 bits per heavy atom. The Balaban J connectivity index is 1.25. The lowest BCUT2D eigenvalue weighted by atomic mass is 10.0. The molecule has 1 fully saturated rings. The van der Waals surface area contributed by atoms with Crippen LogP contribution in [0, 0.1) is 5.92 Å². The maximum absolute atomic E-state index is 14.1. The summed E-state index contributed by atoms with van der Waals surface area (Å²) < 4.78 is 5.47. The normalized spacial score (nSPS) is 15.2. The fourth-order valence-corrected chi connectivity index (χ4v) is 7.76. The number of nitrogens with zero attached hydrogens (tertiary/aromatic N) is 1. The van der Waals surface area contributed by atoms with E-state index in [2.05, 4.69) is 27.7 Å². The number of thioether (sulfide) groups is 1. The molecule has 2 heterocycles. The molecule has 1 saturated carbocycles. The Labute approximate surface area is 266 Å². The Bertz CT molecular complexity index is 1640. The molecule has 1 atom stereocenters.